The average Bonchev–Trinajstić information content (AvgIpc) is 2.59. The van der Waals surface area contributed by atoms with E-state index in [4.69, 9.17) is 10.3 Å². The van der Waals surface area contributed by atoms with Crippen molar-refractivity contribution in [2.75, 3.05) is 5.73 Å². The number of anilines is 1. The van der Waals surface area contributed by atoms with Gasteiger partial charge in [0.2, 0.25) is 0 Å². The monoisotopic (exact) mass is 202 g/mol. The molecule has 15 heavy (non-hydrogen) atoms. The largest absolute Gasteiger partial charge is 0.380 e. The highest BCUT2D eigenvalue weighted by Crippen LogP contribution is 2.30. The molecule has 0 fully saturated rings. The molecule has 78 valence electrons. The molecule has 0 saturated carbocycles. The van der Waals surface area contributed by atoms with E-state index in [0.29, 0.717) is 5.82 Å². The fourth-order valence-corrected chi connectivity index (χ4v) is 1.69. The maximum Gasteiger partial charge on any atom is 0.175 e. The normalized spacial score (nSPS) is 10.5. The SMILES string of the molecule is CCc1onc(N)c1-c1cccc(C)c1. The Morgan fingerprint density at radius 3 is 2.87 bits per heavy atom. The number of rotatable bonds is 2. The second-order valence-electron chi connectivity index (χ2n) is 3.59. The Kier molecular flexibility index (Phi) is 2.46. The minimum atomic E-state index is 0.470. The van der Waals surface area contributed by atoms with Crippen LogP contribution in [0.1, 0.15) is 18.2 Å². The molecule has 1 heterocycles. The second kappa shape index (κ2) is 3.77. The molecule has 0 saturated heterocycles. The van der Waals surface area contributed by atoms with Gasteiger partial charge < -0.3 is 10.3 Å². The van der Waals surface area contributed by atoms with Crippen LogP contribution in [0, 0.1) is 6.92 Å². The molecule has 0 amide bonds. The van der Waals surface area contributed by atoms with Crippen LogP contribution in [0.4, 0.5) is 5.82 Å². The first kappa shape index (κ1) is 9.77. The van der Waals surface area contributed by atoms with Gasteiger partial charge >= 0.3 is 0 Å². The third-order valence-electron chi connectivity index (χ3n) is 2.42. The minimum Gasteiger partial charge on any atom is -0.380 e. The average molecular weight is 202 g/mol. The molecule has 3 heteroatoms. The summed E-state index contributed by atoms with van der Waals surface area (Å²) >= 11 is 0. The van der Waals surface area contributed by atoms with Gasteiger partial charge in [-0.05, 0) is 12.5 Å². The summed E-state index contributed by atoms with van der Waals surface area (Å²) < 4.78 is 5.16. The number of hydrogen-bond acceptors (Lipinski definition) is 3. The number of nitrogen functional groups attached to an aromatic ring is 1. The van der Waals surface area contributed by atoms with E-state index in [1.165, 1.54) is 5.56 Å². The lowest BCUT2D eigenvalue weighted by Gasteiger charge is -2.01. The maximum atomic E-state index is 5.79. The van der Waals surface area contributed by atoms with Crippen LogP contribution in [0.2, 0.25) is 0 Å². The van der Waals surface area contributed by atoms with Gasteiger partial charge in [-0.1, -0.05) is 41.9 Å². The predicted octanol–water partition coefficient (Wildman–Crippen LogP) is 2.79. The zero-order chi connectivity index (χ0) is 10.8. The Morgan fingerprint density at radius 2 is 2.20 bits per heavy atom. The van der Waals surface area contributed by atoms with E-state index in [0.717, 1.165) is 23.3 Å². The molecule has 0 bridgehead atoms. The molecule has 0 aliphatic carbocycles. The van der Waals surface area contributed by atoms with E-state index in [1.807, 2.05) is 19.1 Å². The number of aryl methyl sites for hydroxylation is 2. The Morgan fingerprint density at radius 1 is 1.40 bits per heavy atom. The molecule has 2 N–H and O–H groups in total. The summed E-state index contributed by atoms with van der Waals surface area (Å²) in [6.07, 6.45) is 0.799. The van der Waals surface area contributed by atoms with Gasteiger partial charge in [0.05, 0.1) is 5.56 Å². The van der Waals surface area contributed by atoms with E-state index in [-0.39, 0.29) is 0 Å². The third kappa shape index (κ3) is 1.73. The fourth-order valence-electron chi connectivity index (χ4n) is 1.69. The highest BCUT2D eigenvalue weighted by Gasteiger charge is 2.13. The lowest BCUT2D eigenvalue weighted by molar-refractivity contribution is 0.390. The molecule has 0 atom stereocenters. The summed E-state index contributed by atoms with van der Waals surface area (Å²) in [7, 11) is 0. The Labute approximate surface area is 88.9 Å². The number of aromatic nitrogens is 1. The number of benzene rings is 1. The molecule has 0 radical (unpaired) electrons. The Hall–Kier alpha value is -1.77. The van der Waals surface area contributed by atoms with Crippen LogP contribution < -0.4 is 5.73 Å². The van der Waals surface area contributed by atoms with Gasteiger partial charge in [-0.2, -0.15) is 0 Å². The molecule has 2 rings (SSSR count). The van der Waals surface area contributed by atoms with Gasteiger partial charge in [0.25, 0.3) is 0 Å². The molecule has 3 nitrogen and oxygen atoms in total. The molecular weight excluding hydrogens is 188 g/mol. The van der Waals surface area contributed by atoms with Gasteiger partial charge in [-0.25, -0.2) is 0 Å². The van der Waals surface area contributed by atoms with E-state index in [9.17, 15) is 0 Å². The minimum absolute atomic E-state index is 0.470. The molecule has 0 unspecified atom stereocenters. The molecule has 2 aromatic rings. The lowest BCUT2D eigenvalue weighted by atomic mass is 10.0. The van der Waals surface area contributed by atoms with E-state index < -0.39 is 0 Å². The summed E-state index contributed by atoms with van der Waals surface area (Å²) in [6.45, 7) is 4.08. The number of nitrogens with two attached hydrogens (primary N) is 1. The maximum absolute atomic E-state index is 5.79. The van der Waals surface area contributed by atoms with E-state index in [1.54, 1.807) is 0 Å². The first-order valence-corrected chi connectivity index (χ1v) is 5.03. The lowest BCUT2D eigenvalue weighted by Crippen LogP contribution is -1.90. The highest BCUT2D eigenvalue weighted by atomic mass is 16.5. The van der Waals surface area contributed by atoms with Crippen molar-refractivity contribution in [2.45, 2.75) is 20.3 Å². The molecule has 1 aromatic carbocycles. The van der Waals surface area contributed by atoms with Crippen LogP contribution in [-0.4, -0.2) is 5.16 Å². The van der Waals surface area contributed by atoms with Gasteiger partial charge in [0, 0.05) is 6.42 Å². The zero-order valence-electron chi connectivity index (χ0n) is 8.95. The van der Waals surface area contributed by atoms with Crippen molar-refractivity contribution in [3.63, 3.8) is 0 Å². The van der Waals surface area contributed by atoms with Crippen LogP contribution in [0.3, 0.4) is 0 Å². The topological polar surface area (TPSA) is 52.0 Å². The summed E-state index contributed by atoms with van der Waals surface area (Å²) in [4.78, 5) is 0. The highest BCUT2D eigenvalue weighted by molar-refractivity contribution is 5.75. The smallest absolute Gasteiger partial charge is 0.175 e. The Bertz CT molecular complexity index is 474. The van der Waals surface area contributed by atoms with Crippen molar-refractivity contribution < 1.29 is 4.52 Å². The summed E-state index contributed by atoms with van der Waals surface area (Å²) in [5.41, 5.74) is 9.00. The number of nitrogens with zero attached hydrogens (tertiary/aromatic N) is 1. The van der Waals surface area contributed by atoms with Crippen LogP contribution in [-0.2, 0) is 6.42 Å². The van der Waals surface area contributed by atoms with Crippen LogP contribution in [0.15, 0.2) is 28.8 Å². The first-order valence-electron chi connectivity index (χ1n) is 5.03. The van der Waals surface area contributed by atoms with Gasteiger partial charge in [-0.15, -0.1) is 0 Å². The quantitative estimate of drug-likeness (QED) is 0.814. The summed E-state index contributed by atoms with van der Waals surface area (Å²) in [5, 5.41) is 3.80. The molecule has 0 aliphatic rings. The van der Waals surface area contributed by atoms with Crippen molar-refractivity contribution in [3.05, 3.63) is 35.6 Å². The first-order chi connectivity index (χ1) is 7.22. The summed E-state index contributed by atoms with van der Waals surface area (Å²) in [6, 6.07) is 8.17. The van der Waals surface area contributed by atoms with Gasteiger partial charge in [0.1, 0.15) is 5.76 Å². The molecule has 0 aliphatic heterocycles. The Balaban J connectivity index is 2.57. The molecule has 1 aromatic heterocycles. The predicted molar refractivity (Wildman–Crippen MR) is 60.5 cm³/mol. The van der Waals surface area contributed by atoms with Crippen molar-refractivity contribution >= 4 is 5.82 Å². The van der Waals surface area contributed by atoms with Crippen LogP contribution >= 0.6 is 0 Å². The van der Waals surface area contributed by atoms with Crippen molar-refractivity contribution in [1.82, 2.24) is 5.16 Å². The fraction of sp³-hybridized carbons (Fsp3) is 0.250. The van der Waals surface area contributed by atoms with Crippen molar-refractivity contribution in [2.24, 2.45) is 0 Å². The van der Waals surface area contributed by atoms with Crippen LogP contribution in [0.5, 0.6) is 0 Å². The van der Waals surface area contributed by atoms with E-state index >= 15 is 0 Å². The number of hydrogen-bond donors (Lipinski definition) is 1. The van der Waals surface area contributed by atoms with Crippen molar-refractivity contribution in [1.29, 1.82) is 0 Å². The van der Waals surface area contributed by atoms with E-state index in [2.05, 4.69) is 24.2 Å². The van der Waals surface area contributed by atoms with Crippen LogP contribution in [0.25, 0.3) is 11.1 Å². The van der Waals surface area contributed by atoms with Gasteiger partial charge in [0.15, 0.2) is 5.82 Å². The molecule has 0 spiro atoms. The second-order valence-corrected chi connectivity index (χ2v) is 3.59. The van der Waals surface area contributed by atoms with Crippen molar-refractivity contribution in [3.8, 4) is 11.1 Å². The standard InChI is InChI=1S/C12H14N2O/c1-3-10-11(12(13)14-15-10)9-6-4-5-8(2)7-9/h4-7H,3H2,1-2H3,(H2,13,14). The van der Waals surface area contributed by atoms with Gasteiger partial charge in [-0.3, -0.25) is 0 Å². The summed E-state index contributed by atoms with van der Waals surface area (Å²) in [5.74, 6) is 1.32. The molecular formula is C12H14N2O. The third-order valence-corrected chi connectivity index (χ3v) is 2.42. The zero-order valence-corrected chi connectivity index (χ0v) is 8.95.